The maximum absolute atomic E-state index is 13.6. The molecule has 1 atom stereocenters. The van der Waals surface area contributed by atoms with Gasteiger partial charge in [0.05, 0.1) is 5.41 Å². The van der Waals surface area contributed by atoms with E-state index < -0.39 is 0 Å². The van der Waals surface area contributed by atoms with Crippen LogP contribution in [0.15, 0.2) is 24.3 Å². The molecule has 2 heteroatoms. The topological polar surface area (TPSA) is 26.3 Å². The van der Waals surface area contributed by atoms with Crippen LogP contribution in [0, 0.1) is 5.41 Å². The monoisotopic (exact) mass is 613 g/mol. The van der Waals surface area contributed by atoms with Crippen molar-refractivity contribution in [3.05, 3.63) is 29.8 Å². The Morgan fingerprint density at radius 2 is 0.795 bits per heavy atom. The van der Waals surface area contributed by atoms with E-state index in [9.17, 15) is 4.79 Å². The molecule has 1 rings (SSSR count). The summed E-state index contributed by atoms with van der Waals surface area (Å²) in [4.78, 5) is 13.6. The molecule has 0 saturated carbocycles. The molecule has 256 valence electrons. The molecule has 44 heavy (non-hydrogen) atoms. The zero-order chi connectivity index (χ0) is 32.0. The highest BCUT2D eigenvalue weighted by Gasteiger charge is 2.34. The molecule has 0 aliphatic rings. The molecule has 0 aliphatic heterocycles. The van der Waals surface area contributed by atoms with Gasteiger partial charge in [0.15, 0.2) is 0 Å². The van der Waals surface area contributed by atoms with E-state index >= 15 is 0 Å². The number of ether oxygens (including phenoxy) is 1. The molecule has 1 unspecified atom stereocenters. The fourth-order valence-corrected chi connectivity index (χ4v) is 6.57. The summed E-state index contributed by atoms with van der Waals surface area (Å²) in [5, 5.41) is 0. The Hall–Kier alpha value is -1.31. The van der Waals surface area contributed by atoms with Gasteiger partial charge in [0.1, 0.15) is 5.75 Å². The quantitative estimate of drug-likeness (QED) is 0.0459. The van der Waals surface area contributed by atoms with Gasteiger partial charge in [0, 0.05) is 0 Å². The fraction of sp³-hybridized carbons (Fsp3) is 0.833. The normalized spacial score (nSPS) is 12.8. The summed E-state index contributed by atoms with van der Waals surface area (Å²) >= 11 is 0. The summed E-state index contributed by atoms with van der Waals surface area (Å²) in [6, 6.07) is 8.36. The van der Waals surface area contributed by atoms with Crippen molar-refractivity contribution < 1.29 is 9.53 Å². The molecular formula is C42H76O2. The standard InChI is InChI=1S/C42H76O2/c1-5-8-11-14-16-18-20-21-23-25-28-31-38-42(4,37-30-27-24-22-19-17-15-12-9-6-2)41(43)44-40-35-33-39(34-36-40)32-29-26-13-10-7-3/h33-36H,5-32,37-38H2,1-4H3. The van der Waals surface area contributed by atoms with Crippen LogP contribution in [0.2, 0.25) is 0 Å². The number of carbonyl (C=O) groups is 1. The molecule has 0 aromatic heterocycles. The van der Waals surface area contributed by atoms with Crippen LogP contribution in [-0.4, -0.2) is 5.97 Å². The van der Waals surface area contributed by atoms with E-state index in [4.69, 9.17) is 4.74 Å². The minimum Gasteiger partial charge on any atom is -0.426 e. The van der Waals surface area contributed by atoms with Crippen LogP contribution in [-0.2, 0) is 11.2 Å². The zero-order valence-electron chi connectivity index (χ0n) is 30.3. The first kappa shape index (κ1) is 40.7. The van der Waals surface area contributed by atoms with Crippen molar-refractivity contribution in [1.82, 2.24) is 0 Å². The van der Waals surface area contributed by atoms with Gasteiger partial charge >= 0.3 is 5.97 Å². The van der Waals surface area contributed by atoms with Gasteiger partial charge in [0.25, 0.3) is 0 Å². The van der Waals surface area contributed by atoms with Gasteiger partial charge in [-0.3, -0.25) is 4.79 Å². The van der Waals surface area contributed by atoms with E-state index in [1.807, 2.05) is 12.1 Å². The third-order valence-corrected chi connectivity index (χ3v) is 9.86. The second kappa shape index (κ2) is 29.1. The lowest BCUT2D eigenvalue weighted by molar-refractivity contribution is -0.146. The second-order valence-corrected chi connectivity index (χ2v) is 14.3. The molecule has 2 nitrogen and oxygen atoms in total. The van der Waals surface area contributed by atoms with Gasteiger partial charge in [-0.05, 0) is 50.3 Å². The van der Waals surface area contributed by atoms with Crippen molar-refractivity contribution in [2.75, 3.05) is 0 Å². The number of benzene rings is 1. The van der Waals surface area contributed by atoms with Crippen LogP contribution in [0.25, 0.3) is 0 Å². The van der Waals surface area contributed by atoms with Crippen molar-refractivity contribution >= 4 is 5.97 Å². The Balaban J connectivity index is 2.46. The first-order chi connectivity index (χ1) is 21.6. The Bertz CT molecular complexity index is 754. The highest BCUT2D eigenvalue weighted by Crippen LogP contribution is 2.34. The van der Waals surface area contributed by atoms with Gasteiger partial charge in [-0.2, -0.15) is 0 Å². The molecule has 0 N–H and O–H groups in total. The number of hydrogen-bond donors (Lipinski definition) is 0. The summed E-state index contributed by atoms with van der Waals surface area (Å²) < 4.78 is 6.05. The third-order valence-electron chi connectivity index (χ3n) is 9.86. The number of unbranched alkanes of at least 4 members (excludes halogenated alkanes) is 24. The molecule has 1 aromatic carbocycles. The molecule has 1 aromatic rings. The number of carbonyl (C=O) groups excluding carboxylic acids is 1. The number of esters is 1. The molecule has 0 aliphatic carbocycles. The van der Waals surface area contributed by atoms with Crippen LogP contribution >= 0.6 is 0 Å². The molecule has 0 saturated heterocycles. The maximum Gasteiger partial charge on any atom is 0.317 e. The predicted octanol–water partition coefficient (Wildman–Crippen LogP) is 14.5. The number of aryl methyl sites for hydroxylation is 1. The average Bonchev–Trinajstić information content (AvgIpc) is 3.03. The van der Waals surface area contributed by atoms with Crippen LogP contribution in [0.3, 0.4) is 0 Å². The van der Waals surface area contributed by atoms with Gasteiger partial charge in [-0.25, -0.2) is 0 Å². The van der Waals surface area contributed by atoms with Crippen molar-refractivity contribution in [2.45, 2.75) is 220 Å². The largest absolute Gasteiger partial charge is 0.426 e. The Morgan fingerprint density at radius 1 is 0.477 bits per heavy atom. The second-order valence-electron chi connectivity index (χ2n) is 14.3. The zero-order valence-corrected chi connectivity index (χ0v) is 30.3. The summed E-state index contributed by atoms with van der Waals surface area (Å²) in [6.07, 6.45) is 39.0. The SMILES string of the molecule is CCCCCCCCCCCCCCC(C)(CCCCCCCCCCCC)C(=O)Oc1ccc(CCCCCCC)cc1. The van der Waals surface area contributed by atoms with Gasteiger partial charge < -0.3 is 4.74 Å². The highest BCUT2D eigenvalue weighted by molar-refractivity contribution is 5.78. The predicted molar refractivity (Wildman–Crippen MR) is 195 cm³/mol. The Labute approximate surface area is 276 Å². The van der Waals surface area contributed by atoms with E-state index in [1.165, 1.54) is 166 Å². The molecule has 0 fully saturated rings. The summed E-state index contributed by atoms with van der Waals surface area (Å²) in [5.74, 6) is 0.706. The van der Waals surface area contributed by atoms with Crippen LogP contribution in [0.4, 0.5) is 0 Å². The lowest BCUT2D eigenvalue weighted by Crippen LogP contribution is -2.32. The van der Waals surface area contributed by atoms with E-state index in [1.54, 1.807) is 0 Å². The molecule has 0 spiro atoms. The molecule has 0 amide bonds. The van der Waals surface area contributed by atoms with E-state index in [0.29, 0.717) is 5.75 Å². The van der Waals surface area contributed by atoms with Crippen LogP contribution in [0.5, 0.6) is 5.75 Å². The lowest BCUT2D eigenvalue weighted by Gasteiger charge is -2.27. The number of hydrogen-bond acceptors (Lipinski definition) is 2. The van der Waals surface area contributed by atoms with Crippen molar-refractivity contribution in [3.8, 4) is 5.75 Å². The van der Waals surface area contributed by atoms with Crippen molar-refractivity contribution in [2.24, 2.45) is 5.41 Å². The first-order valence-electron chi connectivity index (χ1n) is 19.9. The number of rotatable bonds is 32. The average molecular weight is 613 g/mol. The molecule has 0 heterocycles. The van der Waals surface area contributed by atoms with Crippen LogP contribution < -0.4 is 4.74 Å². The molecule has 0 radical (unpaired) electrons. The lowest BCUT2D eigenvalue weighted by atomic mass is 9.79. The fourth-order valence-electron chi connectivity index (χ4n) is 6.57. The maximum atomic E-state index is 13.6. The van der Waals surface area contributed by atoms with Gasteiger partial charge in [-0.15, -0.1) is 0 Å². The van der Waals surface area contributed by atoms with Crippen molar-refractivity contribution in [3.63, 3.8) is 0 Å². The first-order valence-corrected chi connectivity index (χ1v) is 19.9. The van der Waals surface area contributed by atoms with Gasteiger partial charge in [0.2, 0.25) is 0 Å². The smallest absolute Gasteiger partial charge is 0.317 e. The Kier molecular flexibility index (Phi) is 26.9. The van der Waals surface area contributed by atoms with E-state index in [0.717, 1.165) is 32.1 Å². The van der Waals surface area contributed by atoms with E-state index in [-0.39, 0.29) is 11.4 Å². The highest BCUT2D eigenvalue weighted by atomic mass is 16.5. The minimum absolute atomic E-state index is 0.0104. The molecule has 0 bridgehead atoms. The summed E-state index contributed by atoms with van der Waals surface area (Å²) in [7, 11) is 0. The van der Waals surface area contributed by atoms with E-state index in [2.05, 4.69) is 39.8 Å². The van der Waals surface area contributed by atoms with Gasteiger partial charge in [-0.1, -0.05) is 200 Å². The summed E-state index contributed by atoms with van der Waals surface area (Å²) in [5.41, 5.74) is 0.974. The minimum atomic E-state index is -0.378. The third kappa shape index (κ3) is 22.2. The van der Waals surface area contributed by atoms with Crippen LogP contribution in [0.1, 0.15) is 219 Å². The van der Waals surface area contributed by atoms with Crippen molar-refractivity contribution in [1.29, 1.82) is 0 Å². The molecular weight excluding hydrogens is 536 g/mol. The Morgan fingerprint density at radius 3 is 1.16 bits per heavy atom. The summed E-state index contributed by atoms with van der Waals surface area (Å²) in [6.45, 7) is 9.03.